The molecule has 1 saturated carbocycles. The Morgan fingerprint density at radius 2 is 1.23 bits per heavy atom. The van der Waals surface area contributed by atoms with Crippen LogP contribution in [0.3, 0.4) is 0 Å². The van der Waals surface area contributed by atoms with Gasteiger partial charge in [0.05, 0.1) is 11.1 Å². The maximum Gasteiger partial charge on any atom is 0.338 e. The van der Waals surface area contributed by atoms with Gasteiger partial charge < -0.3 is 33.5 Å². The normalized spacial score (nSPS) is 33.4. The van der Waals surface area contributed by atoms with Crippen molar-refractivity contribution >= 4 is 29.8 Å². The fourth-order valence-corrected chi connectivity index (χ4v) is 7.64. The fraction of sp³-hybridized carbons (Fsp3) is 0.475. The van der Waals surface area contributed by atoms with E-state index in [9.17, 15) is 29.1 Å². The summed E-state index contributed by atoms with van der Waals surface area (Å²) in [5.74, 6) is -7.18. The van der Waals surface area contributed by atoms with Crippen LogP contribution in [0, 0.1) is 17.3 Å². The first kappa shape index (κ1) is 38.4. The van der Waals surface area contributed by atoms with E-state index in [1.165, 1.54) is 26.8 Å². The van der Waals surface area contributed by atoms with E-state index in [4.69, 9.17) is 28.4 Å². The number of fused-ring (bicyclic) bond motifs is 3. The van der Waals surface area contributed by atoms with Gasteiger partial charge in [0.25, 0.3) is 0 Å². The van der Waals surface area contributed by atoms with Gasteiger partial charge in [-0.05, 0) is 37.3 Å². The largest absolute Gasteiger partial charge is 0.457 e. The van der Waals surface area contributed by atoms with E-state index in [2.05, 4.69) is 0 Å². The second-order valence-electron chi connectivity index (χ2n) is 14.6. The average molecular weight is 719 g/mol. The molecular formula is C40H46O12. The molecule has 2 bridgehead atoms. The van der Waals surface area contributed by atoms with Crippen LogP contribution in [0.5, 0.6) is 0 Å². The third-order valence-electron chi connectivity index (χ3n) is 10.1. The summed E-state index contributed by atoms with van der Waals surface area (Å²) in [4.78, 5) is 65.9. The highest BCUT2D eigenvalue weighted by molar-refractivity contribution is 5.90. The van der Waals surface area contributed by atoms with Crippen molar-refractivity contribution in [2.45, 2.75) is 103 Å². The van der Waals surface area contributed by atoms with Crippen LogP contribution in [0.4, 0.5) is 0 Å². The molecule has 0 radical (unpaired) electrons. The van der Waals surface area contributed by atoms with E-state index in [-0.39, 0.29) is 23.1 Å². The van der Waals surface area contributed by atoms with Crippen LogP contribution in [0.2, 0.25) is 0 Å². The second kappa shape index (κ2) is 14.3. The molecule has 2 aliphatic heterocycles. The molecule has 3 aliphatic rings. The number of carbonyl (C=O) groups excluding carboxylic acids is 5. The molecule has 12 heteroatoms. The number of rotatable bonds is 7. The van der Waals surface area contributed by atoms with E-state index in [1.807, 2.05) is 0 Å². The minimum Gasteiger partial charge on any atom is -0.457 e. The highest BCUT2D eigenvalue weighted by Crippen LogP contribution is 2.55. The van der Waals surface area contributed by atoms with Gasteiger partial charge >= 0.3 is 29.8 Å². The number of aliphatic hydroxyl groups is 1. The van der Waals surface area contributed by atoms with Crippen LogP contribution < -0.4 is 0 Å². The van der Waals surface area contributed by atoms with E-state index in [0.29, 0.717) is 0 Å². The molecule has 9 atom stereocenters. The summed E-state index contributed by atoms with van der Waals surface area (Å²) in [5.41, 5.74) is -4.38. The summed E-state index contributed by atoms with van der Waals surface area (Å²) in [5, 5.41) is 12.6. The molecule has 12 nitrogen and oxygen atoms in total. The quantitative estimate of drug-likeness (QED) is 0.225. The van der Waals surface area contributed by atoms with Crippen LogP contribution in [-0.4, -0.2) is 76.4 Å². The summed E-state index contributed by atoms with van der Waals surface area (Å²) in [6.45, 7) is 12.0. The zero-order valence-electron chi connectivity index (χ0n) is 30.6. The molecule has 52 heavy (non-hydrogen) atoms. The summed E-state index contributed by atoms with van der Waals surface area (Å²) in [7, 11) is 0. The maximum absolute atomic E-state index is 13.7. The molecule has 1 aliphatic carbocycles. The van der Waals surface area contributed by atoms with Gasteiger partial charge in [-0.1, -0.05) is 76.2 Å². The van der Waals surface area contributed by atoms with E-state index in [0.717, 1.165) is 6.92 Å². The summed E-state index contributed by atoms with van der Waals surface area (Å²) in [6.07, 6.45) is -0.550. The van der Waals surface area contributed by atoms with Crippen molar-refractivity contribution in [1.29, 1.82) is 0 Å². The Morgan fingerprint density at radius 1 is 0.712 bits per heavy atom. The summed E-state index contributed by atoms with van der Waals surface area (Å²) in [6, 6.07) is 16.4. The molecule has 2 aromatic carbocycles. The zero-order chi connectivity index (χ0) is 38.2. The molecule has 9 unspecified atom stereocenters. The Balaban J connectivity index is 1.82. The molecule has 1 N–H and O–H groups in total. The minimum absolute atomic E-state index is 0.0346. The van der Waals surface area contributed by atoms with E-state index >= 15 is 0 Å². The van der Waals surface area contributed by atoms with Gasteiger partial charge in [-0.25, -0.2) is 9.59 Å². The van der Waals surface area contributed by atoms with Gasteiger partial charge in [0.15, 0.2) is 23.9 Å². The fourth-order valence-electron chi connectivity index (χ4n) is 7.64. The lowest BCUT2D eigenvalue weighted by atomic mass is 9.75. The lowest BCUT2D eigenvalue weighted by Crippen LogP contribution is -2.56. The van der Waals surface area contributed by atoms with Crippen LogP contribution in [0.25, 0.3) is 0 Å². The van der Waals surface area contributed by atoms with Crippen LogP contribution in [0.1, 0.15) is 82.5 Å². The van der Waals surface area contributed by atoms with Crippen molar-refractivity contribution < 1.29 is 57.5 Å². The first-order valence-electron chi connectivity index (χ1n) is 17.2. The molecule has 278 valence electrons. The third kappa shape index (κ3) is 7.14. The van der Waals surface area contributed by atoms with Gasteiger partial charge in [-0.2, -0.15) is 0 Å². The number of esters is 5. The van der Waals surface area contributed by atoms with Crippen molar-refractivity contribution in [3.8, 4) is 0 Å². The number of hydrogen-bond donors (Lipinski definition) is 1. The number of carbonyl (C=O) groups is 5. The number of benzene rings is 2. The Labute approximate surface area is 303 Å². The Morgan fingerprint density at radius 3 is 1.75 bits per heavy atom. The topological polar surface area (TPSA) is 161 Å². The van der Waals surface area contributed by atoms with Crippen molar-refractivity contribution in [2.75, 3.05) is 0 Å². The Kier molecular flexibility index (Phi) is 10.6. The third-order valence-corrected chi connectivity index (χ3v) is 10.1. The molecule has 0 spiro atoms. The smallest absolute Gasteiger partial charge is 0.338 e. The first-order chi connectivity index (χ1) is 24.3. The SMILES string of the molecule is CC(=O)OC1C(C)C=CC(C)(C)C2(O)OC(C)(C=C3C(OC(=O)c4ccccc4)C(C)CC31OC(C)=O)C(OC(=O)c1ccccc1)C2OC(C)=O. The van der Waals surface area contributed by atoms with Gasteiger partial charge in [0.1, 0.15) is 11.7 Å². The van der Waals surface area contributed by atoms with E-state index in [1.54, 1.807) is 101 Å². The van der Waals surface area contributed by atoms with E-state index < -0.39 is 88.5 Å². The van der Waals surface area contributed by atoms with Crippen molar-refractivity contribution in [3.05, 3.63) is 95.6 Å². The molecule has 0 amide bonds. The van der Waals surface area contributed by atoms with Crippen molar-refractivity contribution in [2.24, 2.45) is 17.3 Å². The molecule has 2 heterocycles. The van der Waals surface area contributed by atoms with Crippen LogP contribution in [-0.2, 0) is 42.8 Å². The highest BCUT2D eigenvalue weighted by Gasteiger charge is 2.70. The van der Waals surface area contributed by atoms with Crippen molar-refractivity contribution in [1.82, 2.24) is 0 Å². The van der Waals surface area contributed by atoms with Gasteiger partial charge in [-0.15, -0.1) is 0 Å². The number of hydrogen-bond acceptors (Lipinski definition) is 12. The molecule has 0 aromatic heterocycles. The van der Waals surface area contributed by atoms with Crippen LogP contribution >= 0.6 is 0 Å². The predicted octanol–water partition coefficient (Wildman–Crippen LogP) is 5.28. The molecule has 2 aromatic rings. The summed E-state index contributed by atoms with van der Waals surface area (Å²) >= 11 is 0. The van der Waals surface area contributed by atoms with Gasteiger partial charge in [0.2, 0.25) is 5.79 Å². The lowest BCUT2D eigenvalue weighted by Gasteiger charge is -2.41. The van der Waals surface area contributed by atoms with Crippen LogP contribution in [0.15, 0.2) is 84.5 Å². The maximum atomic E-state index is 13.7. The van der Waals surface area contributed by atoms with Gasteiger partial charge in [0, 0.05) is 50.0 Å². The standard InChI is InChI=1S/C40H46O12/c1-23-19-20-37(6,7)40(46)34(48-26(4)42)33(50-36(45)29-17-13-10-14-18-29)38(8,52-40)22-30-31(49-35(44)28-15-11-9-12-16-28)24(2)21-39(30,51-27(5)43)32(23)47-25(3)41/h9-20,22-24,31-34,46H,21H2,1-8H3. The molecule has 2 fully saturated rings. The lowest BCUT2D eigenvalue weighted by molar-refractivity contribution is -0.285. The second-order valence-corrected chi connectivity index (χ2v) is 14.6. The Hall–Kier alpha value is -4.81. The van der Waals surface area contributed by atoms with Gasteiger partial charge in [-0.3, -0.25) is 14.4 Å². The summed E-state index contributed by atoms with van der Waals surface area (Å²) < 4.78 is 37.0. The highest BCUT2D eigenvalue weighted by atomic mass is 16.7. The minimum atomic E-state index is -2.34. The zero-order valence-corrected chi connectivity index (χ0v) is 30.6. The molecular weight excluding hydrogens is 672 g/mol. The molecule has 1 saturated heterocycles. The monoisotopic (exact) mass is 718 g/mol. The van der Waals surface area contributed by atoms with Crippen molar-refractivity contribution in [3.63, 3.8) is 0 Å². The average Bonchev–Trinajstić information content (AvgIpc) is 3.44. The Bertz CT molecular complexity index is 1770. The predicted molar refractivity (Wildman–Crippen MR) is 185 cm³/mol. The first-order valence-corrected chi connectivity index (χ1v) is 17.2. The molecule has 5 rings (SSSR count). The number of ether oxygens (including phenoxy) is 6.